The number of piperazine rings is 1. The van der Waals surface area contributed by atoms with Gasteiger partial charge in [0.2, 0.25) is 0 Å². The van der Waals surface area contributed by atoms with Crippen molar-refractivity contribution in [1.82, 2.24) is 24.3 Å². The molecule has 1 N–H and O–H groups in total. The van der Waals surface area contributed by atoms with E-state index in [9.17, 15) is 14.0 Å². The van der Waals surface area contributed by atoms with E-state index in [0.29, 0.717) is 41.1 Å². The molecular formula is C28H32FN7O3. The predicted molar refractivity (Wildman–Crippen MR) is 147 cm³/mol. The Bertz CT molecular complexity index is 1570. The van der Waals surface area contributed by atoms with Crippen LogP contribution in [0.3, 0.4) is 0 Å². The predicted octanol–water partition coefficient (Wildman–Crippen LogP) is 4.81. The molecule has 0 saturated carbocycles. The number of hydrogen-bond acceptors (Lipinski definition) is 7. The van der Waals surface area contributed by atoms with Crippen LogP contribution in [0.4, 0.5) is 20.6 Å². The van der Waals surface area contributed by atoms with Gasteiger partial charge in [-0.3, -0.25) is 19.7 Å². The van der Waals surface area contributed by atoms with Crippen molar-refractivity contribution >= 4 is 40.1 Å². The van der Waals surface area contributed by atoms with Crippen LogP contribution in [0, 0.1) is 12.7 Å². The number of carbonyl (C=O) groups excluding carboxylic acids is 2. The van der Waals surface area contributed by atoms with Crippen molar-refractivity contribution in [3.05, 3.63) is 60.1 Å². The minimum atomic E-state index is -0.578. The molecule has 1 saturated heterocycles. The maximum atomic E-state index is 14.6. The second-order valence-corrected chi connectivity index (χ2v) is 11.0. The second-order valence-electron chi connectivity index (χ2n) is 11.0. The highest BCUT2D eigenvalue weighted by Gasteiger charge is 2.36. The van der Waals surface area contributed by atoms with Gasteiger partial charge >= 0.3 is 6.09 Å². The number of amides is 2. The van der Waals surface area contributed by atoms with Gasteiger partial charge < -0.3 is 19.4 Å². The monoisotopic (exact) mass is 533 g/mol. The largest absolute Gasteiger partial charge is 0.444 e. The minimum Gasteiger partial charge on any atom is -0.444 e. The summed E-state index contributed by atoms with van der Waals surface area (Å²) in [4.78, 5) is 43.2. The molecule has 1 fully saturated rings. The number of benzene rings is 1. The molecule has 5 rings (SSSR count). The fourth-order valence-corrected chi connectivity index (χ4v) is 5.12. The Morgan fingerprint density at radius 3 is 2.38 bits per heavy atom. The zero-order valence-corrected chi connectivity index (χ0v) is 22.9. The molecule has 0 radical (unpaired) electrons. The Morgan fingerprint density at radius 2 is 1.72 bits per heavy atom. The Morgan fingerprint density at radius 1 is 1.05 bits per heavy atom. The zero-order chi connectivity index (χ0) is 28.1. The number of ether oxygens (including phenoxy) is 1. The summed E-state index contributed by atoms with van der Waals surface area (Å²) in [7, 11) is 0. The molecule has 1 aliphatic heterocycles. The van der Waals surface area contributed by atoms with Crippen LogP contribution >= 0.6 is 0 Å². The fourth-order valence-electron chi connectivity index (χ4n) is 5.12. The van der Waals surface area contributed by atoms with E-state index in [1.165, 1.54) is 12.3 Å². The molecule has 10 nitrogen and oxygen atoms in total. The highest BCUT2D eigenvalue weighted by Crippen LogP contribution is 2.31. The van der Waals surface area contributed by atoms with E-state index in [4.69, 9.17) is 4.74 Å². The van der Waals surface area contributed by atoms with Gasteiger partial charge in [0.15, 0.2) is 11.5 Å². The number of rotatable bonds is 3. The van der Waals surface area contributed by atoms with E-state index in [1.807, 2.05) is 40.7 Å². The standard InChI is InChI=1S/C28H32FN7O3/c1-16-12-35-15-19(11-21(29)25(35)32-16)33-26(37)20-7-8-22(24-23(20)30-9-10-31-24)34-13-17(2)36(18(3)14-34)27(38)39-28(4,5)6/h7-12,15,17-18H,13-14H2,1-6H3,(H,33,37). The molecule has 2 amide bonds. The topological polar surface area (TPSA) is 105 Å². The quantitative estimate of drug-likeness (QED) is 0.403. The van der Waals surface area contributed by atoms with Crippen molar-refractivity contribution in [3.8, 4) is 0 Å². The van der Waals surface area contributed by atoms with Gasteiger partial charge in [-0.05, 0) is 53.7 Å². The highest BCUT2D eigenvalue weighted by molar-refractivity contribution is 6.13. The molecule has 0 aliphatic carbocycles. The van der Waals surface area contributed by atoms with Gasteiger partial charge in [0.05, 0.1) is 34.7 Å². The van der Waals surface area contributed by atoms with Crippen LogP contribution in [0.1, 0.15) is 50.7 Å². The van der Waals surface area contributed by atoms with Crippen molar-refractivity contribution in [2.24, 2.45) is 0 Å². The van der Waals surface area contributed by atoms with Crippen LogP contribution in [0.5, 0.6) is 0 Å². The van der Waals surface area contributed by atoms with E-state index in [2.05, 4.69) is 25.2 Å². The molecule has 4 heterocycles. The van der Waals surface area contributed by atoms with Crippen LogP contribution in [-0.2, 0) is 4.74 Å². The van der Waals surface area contributed by atoms with Crippen molar-refractivity contribution < 1.29 is 18.7 Å². The molecular weight excluding hydrogens is 501 g/mol. The summed E-state index contributed by atoms with van der Waals surface area (Å²) in [6.45, 7) is 12.4. The number of aryl methyl sites for hydroxylation is 1. The number of nitrogens with zero attached hydrogens (tertiary/aromatic N) is 6. The molecule has 2 atom stereocenters. The van der Waals surface area contributed by atoms with E-state index < -0.39 is 17.3 Å². The molecule has 2 unspecified atom stereocenters. The zero-order valence-electron chi connectivity index (χ0n) is 22.9. The van der Waals surface area contributed by atoms with Crippen LogP contribution < -0.4 is 10.2 Å². The van der Waals surface area contributed by atoms with Crippen LogP contribution in [0.15, 0.2) is 43.0 Å². The van der Waals surface area contributed by atoms with Crippen molar-refractivity contribution in [3.63, 3.8) is 0 Å². The van der Waals surface area contributed by atoms with E-state index in [-0.39, 0.29) is 23.8 Å². The summed E-state index contributed by atoms with van der Waals surface area (Å²) in [5, 5.41) is 2.78. The number of halogens is 1. The number of aromatic nitrogens is 4. The SMILES string of the molecule is Cc1cn2cc(NC(=O)c3ccc(N4CC(C)N(C(=O)OC(C)(C)C)C(C)C4)c4nccnc34)cc(F)c2n1. The number of imidazole rings is 1. The van der Waals surface area contributed by atoms with Gasteiger partial charge in [-0.15, -0.1) is 0 Å². The first-order valence-corrected chi connectivity index (χ1v) is 12.9. The smallest absolute Gasteiger partial charge is 0.410 e. The average molecular weight is 534 g/mol. The van der Waals surface area contributed by atoms with Gasteiger partial charge in [0.1, 0.15) is 16.6 Å². The first-order valence-electron chi connectivity index (χ1n) is 12.9. The number of nitrogens with one attached hydrogen (secondary N) is 1. The summed E-state index contributed by atoms with van der Waals surface area (Å²) >= 11 is 0. The van der Waals surface area contributed by atoms with Gasteiger partial charge in [0, 0.05) is 43.9 Å². The van der Waals surface area contributed by atoms with Gasteiger partial charge in [0.25, 0.3) is 5.91 Å². The number of carbonyl (C=O) groups is 2. The van der Waals surface area contributed by atoms with Crippen LogP contribution in [0.25, 0.3) is 16.7 Å². The number of pyridine rings is 1. The third kappa shape index (κ3) is 5.21. The Hall–Kier alpha value is -4.28. The lowest BCUT2D eigenvalue weighted by Crippen LogP contribution is -2.59. The normalized spacial score (nSPS) is 18.0. The lowest BCUT2D eigenvalue weighted by molar-refractivity contribution is 0.00567. The molecule has 4 aromatic rings. The molecule has 39 heavy (non-hydrogen) atoms. The molecule has 1 aliphatic rings. The summed E-state index contributed by atoms with van der Waals surface area (Å²) in [6.07, 6.45) is 6.09. The third-order valence-electron chi connectivity index (χ3n) is 6.60. The van der Waals surface area contributed by atoms with E-state index in [0.717, 1.165) is 5.69 Å². The molecule has 0 bridgehead atoms. The van der Waals surface area contributed by atoms with E-state index >= 15 is 0 Å². The second kappa shape index (κ2) is 9.79. The fraction of sp³-hybridized carbons (Fsp3) is 0.393. The number of anilines is 2. The molecule has 204 valence electrons. The minimum absolute atomic E-state index is 0.116. The summed E-state index contributed by atoms with van der Waals surface area (Å²) < 4.78 is 21.7. The first-order chi connectivity index (χ1) is 18.4. The third-order valence-corrected chi connectivity index (χ3v) is 6.60. The highest BCUT2D eigenvalue weighted by atomic mass is 19.1. The Kier molecular flexibility index (Phi) is 6.61. The first kappa shape index (κ1) is 26.3. The lowest BCUT2D eigenvalue weighted by Gasteiger charge is -2.45. The van der Waals surface area contributed by atoms with Crippen LogP contribution in [0.2, 0.25) is 0 Å². The van der Waals surface area contributed by atoms with E-state index in [1.54, 1.807) is 40.9 Å². The Labute approximate surface area is 225 Å². The molecule has 11 heteroatoms. The Balaban J connectivity index is 1.42. The number of hydrogen-bond donors (Lipinski definition) is 1. The van der Waals surface area contributed by atoms with Crippen molar-refractivity contribution in [2.45, 2.75) is 59.2 Å². The van der Waals surface area contributed by atoms with Gasteiger partial charge in [-0.25, -0.2) is 14.2 Å². The molecule has 1 aromatic carbocycles. The maximum Gasteiger partial charge on any atom is 0.410 e. The summed E-state index contributed by atoms with van der Waals surface area (Å²) in [5.41, 5.74) is 2.72. The van der Waals surface area contributed by atoms with Crippen molar-refractivity contribution in [1.29, 1.82) is 0 Å². The van der Waals surface area contributed by atoms with Crippen molar-refractivity contribution in [2.75, 3.05) is 23.3 Å². The summed E-state index contributed by atoms with van der Waals surface area (Å²) in [6, 6.07) is 4.56. The molecule has 0 spiro atoms. The van der Waals surface area contributed by atoms with Gasteiger partial charge in [-0.2, -0.15) is 0 Å². The average Bonchev–Trinajstić information content (AvgIpc) is 3.22. The van der Waals surface area contributed by atoms with Gasteiger partial charge in [-0.1, -0.05) is 0 Å². The molecule has 3 aromatic heterocycles. The maximum absolute atomic E-state index is 14.6. The summed E-state index contributed by atoms with van der Waals surface area (Å²) in [5.74, 6) is -0.964. The van der Waals surface area contributed by atoms with Crippen LogP contribution in [-0.4, -0.2) is 67.0 Å². The number of fused-ring (bicyclic) bond motifs is 2. The lowest BCUT2D eigenvalue weighted by atomic mass is 10.1.